The minimum atomic E-state index is -0.723. The Bertz CT molecular complexity index is 885. The van der Waals surface area contributed by atoms with Crippen molar-refractivity contribution in [2.75, 3.05) is 47.1 Å². The minimum Gasteiger partial charge on any atom is -0.493 e. The van der Waals surface area contributed by atoms with E-state index >= 15 is 0 Å². The largest absolute Gasteiger partial charge is 0.493 e. The van der Waals surface area contributed by atoms with E-state index in [1.165, 1.54) is 0 Å². The van der Waals surface area contributed by atoms with Gasteiger partial charge in [0.1, 0.15) is 5.60 Å². The van der Waals surface area contributed by atoms with Crippen molar-refractivity contribution in [3.05, 3.63) is 22.2 Å². The van der Waals surface area contributed by atoms with Gasteiger partial charge in [0.15, 0.2) is 17.6 Å². The summed E-state index contributed by atoms with van der Waals surface area (Å²) in [7, 11) is 3.25. The van der Waals surface area contributed by atoms with Crippen LogP contribution in [-0.4, -0.2) is 86.7 Å². The molecule has 2 amide bonds. The summed E-state index contributed by atoms with van der Waals surface area (Å²) in [5, 5.41) is 0. The molecule has 35 heavy (non-hydrogen) atoms. The van der Waals surface area contributed by atoms with E-state index < -0.39 is 17.8 Å². The van der Waals surface area contributed by atoms with Gasteiger partial charge in [0, 0.05) is 43.7 Å². The zero-order chi connectivity index (χ0) is 25.6. The van der Waals surface area contributed by atoms with Gasteiger partial charge in [-0.3, -0.25) is 4.79 Å². The Morgan fingerprint density at radius 1 is 1.17 bits per heavy atom. The van der Waals surface area contributed by atoms with Crippen molar-refractivity contribution >= 4 is 27.9 Å². The predicted octanol–water partition coefficient (Wildman–Crippen LogP) is 4.00. The average Bonchev–Trinajstić information content (AvgIpc) is 3.65. The highest BCUT2D eigenvalue weighted by Gasteiger charge is 2.39. The molecular weight excluding hydrogens is 520 g/mol. The Morgan fingerprint density at radius 3 is 2.54 bits per heavy atom. The van der Waals surface area contributed by atoms with Crippen molar-refractivity contribution in [1.29, 1.82) is 0 Å². The summed E-state index contributed by atoms with van der Waals surface area (Å²) in [6.07, 6.45) is 1.50. The van der Waals surface area contributed by atoms with Crippen LogP contribution in [0.25, 0.3) is 0 Å². The van der Waals surface area contributed by atoms with E-state index in [9.17, 15) is 9.59 Å². The van der Waals surface area contributed by atoms with Gasteiger partial charge in [-0.05, 0) is 51.3 Å². The smallest absolute Gasteiger partial charge is 0.410 e. The number of amides is 2. The fourth-order valence-electron chi connectivity index (χ4n) is 3.79. The zero-order valence-corrected chi connectivity index (χ0v) is 22.9. The number of carbonyl (C=O) groups excluding carboxylic acids is 2. The summed E-state index contributed by atoms with van der Waals surface area (Å²) in [5.74, 6) is 1.12. The van der Waals surface area contributed by atoms with Gasteiger partial charge in [0.2, 0.25) is 0 Å². The van der Waals surface area contributed by atoms with Crippen molar-refractivity contribution in [1.82, 2.24) is 9.80 Å². The topological polar surface area (TPSA) is 86.8 Å². The van der Waals surface area contributed by atoms with Gasteiger partial charge < -0.3 is 33.5 Å². The van der Waals surface area contributed by atoms with Gasteiger partial charge in [-0.2, -0.15) is 0 Å². The standard InChI is InChI=1S/C25H37BrN2O7/c1-25(2,3)35-24(30)27-9-12-34-22(16-27)23(29)28(18-7-8-18)15-17-13-21(33-11-6-10-31-4)20(32-5)14-19(17)26/h13-14,18,22H,6-12,15-16H2,1-5H3/t22-/m1/s1. The van der Waals surface area contributed by atoms with E-state index in [4.69, 9.17) is 23.7 Å². The molecule has 2 aliphatic rings. The van der Waals surface area contributed by atoms with Gasteiger partial charge in [-0.1, -0.05) is 15.9 Å². The van der Waals surface area contributed by atoms with Crippen molar-refractivity contribution in [3.63, 3.8) is 0 Å². The molecule has 1 atom stereocenters. The summed E-state index contributed by atoms with van der Waals surface area (Å²) in [6.45, 7) is 7.84. The van der Waals surface area contributed by atoms with E-state index in [1.54, 1.807) is 19.1 Å². The molecule has 1 aliphatic heterocycles. The molecule has 1 saturated carbocycles. The Balaban J connectivity index is 1.72. The SMILES string of the molecule is COCCCOc1cc(CN(C(=O)[C@H]2CN(C(=O)OC(C)(C)C)CCO2)C2CC2)c(Br)cc1OC. The Kier molecular flexibility index (Phi) is 9.66. The number of carbonyl (C=O) groups is 2. The Labute approximate surface area is 216 Å². The third kappa shape index (κ3) is 7.98. The third-order valence-electron chi connectivity index (χ3n) is 5.69. The zero-order valence-electron chi connectivity index (χ0n) is 21.3. The second-order valence-corrected chi connectivity index (χ2v) is 10.6. The maximum Gasteiger partial charge on any atom is 0.410 e. The number of hydrogen-bond acceptors (Lipinski definition) is 7. The summed E-state index contributed by atoms with van der Waals surface area (Å²) >= 11 is 3.62. The highest BCUT2D eigenvalue weighted by molar-refractivity contribution is 9.10. The molecule has 1 aliphatic carbocycles. The maximum absolute atomic E-state index is 13.5. The average molecular weight is 557 g/mol. The first kappa shape index (κ1) is 27.5. The number of methoxy groups -OCH3 is 2. The van der Waals surface area contributed by atoms with Crippen LogP contribution in [0.15, 0.2) is 16.6 Å². The number of halogens is 1. The van der Waals surface area contributed by atoms with Crippen LogP contribution in [-0.2, 0) is 25.5 Å². The van der Waals surface area contributed by atoms with Crippen LogP contribution in [0.3, 0.4) is 0 Å². The van der Waals surface area contributed by atoms with Gasteiger partial charge in [0.25, 0.3) is 5.91 Å². The highest BCUT2D eigenvalue weighted by Crippen LogP contribution is 2.37. The summed E-state index contributed by atoms with van der Waals surface area (Å²) < 4.78 is 28.6. The van der Waals surface area contributed by atoms with E-state index in [0.717, 1.165) is 29.3 Å². The van der Waals surface area contributed by atoms with E-state index in [0.29, 0.717) is 44.4 Å². The lowest BCUT2D eigenvalue weighted by Gasteiger charge is -2.36. The summed E-state index contributed by atoms with van der Waals surface area (Å²) in [4.78, 5) is 29.5. The van der Waals surface area contributed by atoms with Crippen LogP contribution < -0.4 is 9.47 Å². The monoisotopic (exact) mass is 556 g/mol. The lowest BCUT2D eigenvalue weighted by molar-refractivity contribution is -0.150. The van der Waals surface area contributed by atoms with E-state index in [1.807, 2.05) is 37.8 Å². The molecule has 2 fully saturated rings. The second kappa shape index (κ2) is 12.3. The van der Waals surface area contributed by atoms with Crippen molar-refractivity contribution in [3.8, 4) is 11.5 Å². The van der Waals surface area contributed by atoms with Crippen LogP contribution in [0.2, 0.25) is 0 Å². The molecule has 196 valence electrons. The highest BCUT2D eigenvalue weighted by atomic mass is 79.9. The summed E-state index contributed by atoms with van der Waals surface area (Å²) in [6, 6.07) is 3.92. The van der Waals surface area contributed by atoms with Crippen molar-refractivity contribution in [2.24, 2.45) is 0 Å². The van der Waals surface area contributed by atoms with E-state index in [-0.39, 0.29) is 18.5 Å². The fraction of sp³-hybridized carbons (Fsp3) is 0.680. The summed E-state index contributed by atoms with van der Waals surface area (Å²) in [5.41, 5.74) is 0.312. The molecule has 0 bridgehead atoms. The van der Waals surface area contributed by atoms with Crippen LogP contribution in [0, 0.1) is 0 Å². The third-order valence-corrected chi connectivity index (χ3v) is 6.43. The van der Waals surface area contributed by atoms with Gasteiger partial charge >= 0.3 is 6.09 Å². The second-order valence-electron chi connectivity index (χ2n) is 9.77. The lowest BCUT2D eigenvalue weighted by atomic mass is 10.1. The first-order chi connectivity index (χ1) is 16.6. The molecule has 10 heteroatoms. The molecule has 0 radical (unpaired) electrons. The lowest BCUT2D eigenvalue weighted by Crippen LogP contribution is -2.53. The molecule has 0 N–H and O–H groups in total. The molecule has 1 aromatic rings. The number of benzene rings is 1. The van der Waals surface area contributed by atoms with Gasteiger partial charge in [-0.25, -0.2) is 4.79 Å². The van der Waals surface area contributed by atoms with Crippen molar-refractivity contribution < 1.29 is 33.3 Å². The molecule has 0 spiro atoms. The maximum atomic E-state index is 13.5. The van der Waals surface area contributed by atoms with Crippen LogP contribution in [0.5, 0.6) is 11.5 Å². The minimum absolute atomic E-state index is 0.119. The molecular formula is C25H37BrN2O7. The normalized spacial score (nSPS) is 18.2. The molecule has 0 aromatic heterocycles. The molecule has 1 saturated heterocycles. The fourth-order valence-corrected chi connectivity index (χ4v) is 4.24. The molecule has 9 nitrogen and oxygen atoms in total. The molecule has 0 unspecified atom stereocenters. The Hall–Kier alpha value is -2.04. The first-order valence-electron chi connectivity index (χ1n) is 12.0. The quantitative estimate of drug-likeness (QED) is 0.402. The first-order valence-corrected chi connectivity index (χ1v) is 12.8. The van der Waals surface area contributed by atoms with Gasteiger partial charge in [0.05, 0.1) is 26.9 Å². The van der Waals surface area contributed by atoms with E-state index in [2.05, 4.69) is 15.9 Å². The molecule has 1 heterocycles. The number of hydrogen-bond donors (Lipinski definition) is 0. The van der Waals surface area contributed by atoms with Crippen LogP contribution in [0.4, 0.5) is 4.79 Å². The Morgan fingerprint density at radius 2 is 1.91 bits per heavy atom. The number of rotatable bonds is 10. The predicted molar refractivity (Wildman–Crippen MR) is 134 cm³/mol. The molecule has 1 aromatic carbocycles. The van der Waals surface area contributed by atoms with Gasteiger partial charge in [-0.15, -0.1) is 0 Å². The number of morpholine rings is 1. The van der Waals surface area contributed by atoms with Crippen molar-refractivity contribution in [2.45, 2.75) is 64.3 Å². The number of nitrogens with zero attached hydrogens (tertiary/aromatic N) is 2. The molecule has 3 rings (SSSR count). The van der Waals surface area contributed by atoms with Crippen LogP contribution in [0.1, 0.15) is 45.6 Å². The van der Waals surface area contributed by atoms with Crippen LogP contribution >= 0.6 is 15.9 Å². The number of ether oxygens (including phenoxy) is 5.